The van der Waals surface area contributed by atoms with Crippen LogP contribution in [-0.4, -0.2) is 48.6 Å². The van der Waals surface area contributed by atoms with E-state index in [4.69, 9.17) is 0 Å². The Morgan fingerprint density at radius 3 is 2.60 bits per heavy atom. The van der Waals surface area contributed by atoms with Gasteiger partial charge in [0.15, 0.2) is 0 Å². The number of nitrogens with zero attached hydrogens (tertiary/aromatic N) is 1. The summed E-state index contributed by atoms with van der Waals surface area (Å²) in [5.41, 5.74) is 0.438. The van der Waals surface area contributed by atoms with Crippen LogP contribution in [0.4, 0.5) is 0 Å². The van der Waals surface area contributed by atoms with E-state index in [0.29, 0.717) is 5.54 Å². The van der Waals surface area contributed by atoms with Crippen LogP contribution in [0.5, 0.6) is 0 Å². The molecule has 3 heteroatoms. The molecule has 2 aliphatic rings. The first-order valence-corrected chi connectivity index (χ1v) is 7.37. The van der Waals surface area contributed by atoms with Crippen LogP contribution < -0.4 is 5.32 Å². The molecule has 1 aliphatic heterocycles. The van der Waals surface area contributed by atoms with E-state index in [1.165, 1.54) is 50.2 Å². The topological polar surface area (TPSA) is 15.3 Å². The first-order chi connectivity index (χ1) is 7.23. The minimum absolute atomic E-state index is 0.438. The third kappa shape index (κ3) is 2.69. The van der Waals surface area contributed by atoms with Crippen molar-refractivity contribution in [1.29, 1.82) is 0 Å². The highest BCUT2D eigenvalue weighted by Crippen LogP contribution is 2.32. The Morgan fingerprint density at radius 2 is 2.07 bits per heavy atom. The summed E-state index contributed by atoms with van der Waals surface area (Å²) in [4.78, 5) is 2.44. The summed E-state index contributed by atoms with van der Waals surface area (Å²) < 4.78 is 0. The molecule has 1 aliphatic carbocycles. The fourth-order valence-electron chi connectivity index (χ4n) is 2.71. The Balaban J connectivity index is 1.83. The molecule has 1 saturated heterocycles. The van der Waals surface area contributed by atoms with Gasteiger partial charge in [0.2, 0.25) is 0 Å². The summed E-state index contributed by atoms with van der Waals surface area (Å²) >= 11 is 2.11. The second-order valence-corrected chi connectivity index (χ2v) is 6.39. The number of hydrogen-bond donors (Lipinski definition) is 1. The van der Waals surface area contributed by atoms with Crippen LogP contribution in [0.25, 0.3) is 0 Å². The van der Waals surface area contributed by atoms with Gasteiger partial charge in [-0.2, -0.15) is 11.8 Å². The summed E-state index contributed by atoms with van der Waals surface area (Å²) in [6, 6.07) is 0.812. The monoisotopic (exact) mass is 228 g/mol. The second-order valence-electron chi connectivity index (χ2n) is 5.28. The summed E-state index contributed by atoms with van der Waals surface area (Å²) in [6.45, 7) is 1.19. The van der Waals surface area contributed by atoms with Crippen LogP contribution in [0.15, 0.2) is 0 Å². The van der Waals surface area contributed by atoms with Crippen molar-refractivity contribution in [2.75, 3.05) is 32.1 Å². The summed E-state index contributed by atoms with van der Waals surface area (Å²) in [5, 5.41) is 3.79. The lowest BCUT2D eigenvalue weighted by Gasteiger charge is -2.37. The maximum absolute atomic E-state index is 3.79. The summed E-state index contributed by atoms with van der Waals surface area (Å²) in [6.07, 6.45) is 7.01. The zero-order valence-corrected chi connectivity index (χ0v) is 10.9. The first kappa shape index (κ1) is 11.7. The van der Waals surface area contributed by atoms with Gasteiger partial charge < -0.3 is 10.2 Å². The molecule has 0 aromatic heterocycles. The molecule has 1 unspecified atom stereocenters. The number of nitrogens with one attached hydrogen (secondary N) is 1. The highest BCUT2D eigenvalue weighted by molar-refractivity contribution is 7.99. The van der Waals surface area contributed by atoms with Crippen molar-refractivity contribution in [1.82, 2.24) is 10.2 Å². The fourth-order valence-corrected chi connectivity index (χ4v) is 4.26. The highest BCUT2D eigenvalue weighted by atomic mass is 32.2. The van der Waals surface area contributed by atoms with Gasteiger partial charge in [-0.25, -0.2) is 0 Å². The molecule has 1 saturated carbocycles. The molecule has 15 heavy (non-hydrogen) atoms. The molecule has 0 aromatic rings. The molecule has 0 amide bonds. The molecule has 0 radical (unpaired) electrons. The third-order valence-electron chi connectivity index (χ3n) is 4.11. The van der Waals surface area contributed by atoms with Gasteiger partial charge in [-0.1, -0.05) is 12.8 Å². The molecule has 0 aromatic carbocycles. The Hall–Kier alpha value is 0.270. The van der Waals surface area contributed by atoms with Crippen LogP contribution in [0.1, 0.15) is 32.1 Å². The van der Waals surface area contributed by atoms with E-state index in [-0.39, 0.29) is 0 Å². The van der Waals surface area contributed by atoms with E-state index in [9.17, 15) is 0 Å². The summed E-state index contributed by atoms with van der Waals surface area (Å²) in [7, 11) is 4.48. The Kier molecular flexibility index (Phi) is 3.97. The smallest absolute Gasteiger partial charge is 0.0425 e. The van der Waals surface area contributed by atoms with Crippen molar-refractivity contribution in [3.05, 3.63) is 0 Å². The molecule has 1 heterocycles. The Morgan fingerprint density at radius 1 is 1.33 bits per heavy atom. The molecule has 2 nitrogen and oxygen atoms in total. The maximum atomic E-state index is 3.79. The normalized spacial score (nSPS) is 33.0. The second kappa shape index (κ2) is 5.07. The van der Waals surface area contributed by atoms with Crippen LogP contribution >= 0.6 is 11.8 Å². The molecule has 2 rings (SSSR count). The lowest BCUT2D eigenvalue weighted by Crippen LogP contribution is -2.53. The van der Waals surface area contributed by atoms with Gasteiger partial charge in [0.05, 0.1) is 0 Å². The van der Waals surface area contributed by atoms with Crippen LogP contribution in [0.3, 0.4) is 0 Å². The lowest BCUT2D eigenvalue weighted by atomic mass is 9.97. The molecule has 0 spiro atoms. The molecular weight excluding hydrogens is 204 g/mol. The van der Waals surface area contributed by atoms with Gasteiger partial charge in [-0.15, -0.1) is 0 Å². The van der Waals surface area contributed by atoms with Crippen molar-refractivity contribution < 1.29 is 0 Å². The molecule has 88 valence electrons. The minimum atomic E-state index is 0.438. The van der Waals surface area contributed by atoms with Crippen molar-refractivity contribution in [2.24, 2.45) is 0 Å². The Bertz CT molecular complexity index is 194. The van der Waals surface area contributed by atoms with E-state index in [0.717, 1.165) is 6.04 Å². The van der Waals surface area contributed by atoms with Gasteiger partial charge in [-0.05, 0) is 39.1 Å². The number of thioether (sulfide) groups is 1. The van der Waals surface area contributed by atoms with Crippen LogP contribution in [0.2, 0.25) is 0 Å². The number of hydrogen-bond acceptors (Lipinski definition) is 3. The van der Waals surface area contributed by atoms with Gasteiger partial charge in [-0.3, -0.25) is 0 Å². The minimum Gasteiger partial charge on any atom is -0.312 e. The van der Waals surface area contributed by atoms with Gasteiger partial charge >= 0.3 is 0 Å². The molecular formula is C12H24N2S. The first-order valence-electron chi connectivity index (χ1n) is 6.21. The zero-order chi connectivity index (χ0) is 10.7. The predicted octanol–water partition coefficient (Wildman–Crippen LogP) is 1.96. The van der Waals surface area contributed by atoms with Crippen molar-refractivity contribution in [3.63, 3.8) is 0 Å². The predicted molar refractivity (Wildman–Crippen MR) is 68.6 cm³/mol. The standard InChI is InChI=1S/C12H24N2S/c1-14(2)12(7-8-15-10-12)9-13-11-5-3-4-6-11/h11,13H,3-10H2,1-2H3. The third-order valence-corrected chi connectivity index (χ3v) is 5.34. The molecule has 2 fully saturated rings. The van der Waals surface area contributed by atoms with Gasteiger partial charge in [0.25, 0.3) is 0 Å². The van der Waals surface area contributed by atoms with E-state index < -0.39 is 0 Å². The van der Waals surface area contributed by atoms with E-state index in [1.807, 2.05) is 0 Å². The average molecular weight is 228 g/mol. The Labute approximate surface area is 98.2 Å². The zero-order valence-electron chi connectivity index (χ0n) is 10.1. The largest absolute Gasteiger partial charge is 0.312 e. The number of likely N-dealkylation sites (N-methyl/N-ethyl adjacent to an activating group) is 1. The van der Waals surface area contributed by atoms with Crippen molar-refractivity contribution in [3.8, 4) is 0 Å². The SMILES string of the molecule is CN(C)C1(CNC2CCCC2)CCSC1. The van der Waals surface area contributed by atoms with Crippen LogP contribution in [0, 0.1) is 0 Å². The fraction of sp³-hybridized carbons (Fsp3) is 1.00. The van der Waals surface area contributed by atoms with E-state index in [2.05, 4.69) is 36.1 Å². The molecule has 1 N–H and O–H groups in total. The molecule has 1 atom stereocenters. The average Bonchev–Trinajstić information content (AvgIpc) is 2.87. The van der Waals surface area contributed by atoms with Gasteiger partial charge in [0.1, 0.15) is 0 Å². The van der Waals surface area contributed by atoms with Crippen molar-refractivity contribution >= 4 is 11.8 Å². The lowest BCUT2D eigenvalue weighted by molar-refractivity contribution is 0.170. The molecule has 0 bridgehead atoms. The van der Waals surface area contributed by atoms with Crippen LogP contribution in [-0.2, 0) is 0 Å². The van der Waals surface area contributed by atoms with Crippen molar-refractivity contribution in [2.45, 2.75) is 43.7 Å². The quantitative estimate of drug-likeness (QED) is 0.792. The van der Waals surface area contributed by atoms with Gasteiger partial charge in [0, 0.05) is 23.9 Å². The van der Waals surface area contributed by atoms with E-state index >= 15 is 0 Å². The maximum Gasteiger partial charge on any atom is 0.0425 e. The summed E-state index contributed by atoms with van der Waals surface area (Å²) in [5.74, 6) is 2.64. The highest BCUT2D eigenvalue weighted by Gasteiger charge is 2.36. The van der Waals surface area contributed by atoms with E-state index in [1.54, 1.807) is 0 Å². The number of rotatable bonds is 4.